The Morgan fingerprint density at radius 1 is 1.13 bits per heavy atom. The standard InChI is InChI=1S/C21H20N4O5/c1-2-17-21(28)18(26)7-8-24(17)9-10-25-12-15(22-23-25)13-29-16-5-3-14-4-6-20(27)30-19(14)11-16/h3-8,11-12,28H,2,9-10,13H2,1H3. The lowest BCUT2D eigenvalue weighted by Gasteiger charge is -2.13. The number of hydrogen-bond donors (Lipinski definition) is 1. The second kappa shape index (κ2) is 8.24. The zero-order valence-electron chi connectivity index (χ0n) is 16.3. The zero-order chi connectivity index (χ0) is 21.1. The monoisotopic (exact) mass is 408 g/mol. The van der Waals surface area contributed by atoms with Crippen LogP contribution in [0.25, 0.3) is 11.0 Å². The summed E-state index contributed by atoms with van der Waals surface area (Å²) in [5.74, 6) is 0.349. The van der Waals surface area contributed by atoms with Crippen LogP contribution in [0, 0.1) is 0 Å². The average Bonchev–Trinajstić information content (AvgIpc) is 3.20. The summed E-state index contributed by atoms with van der Waals surface area (Å²) in [5.41, 5.74) is 0.901. The average molecular weight is 408 g/mol. The minimum Gasteiger partial charge on any atom is -0.503 e. The number of aromatic hydroxyl groups is 1. The maximum Gasteiger partial charge on any atom is 0.336 e. The van der Waals surface area contributed by atoms with E-state index in [2.05, 4.69) is 10.3 Å². The van der Waals surface area contributed by atoms with Crippen LogP contribution in [-0.2, 0) is 26.1 Å². The van der Waals surface area contributed by atoms with Gasteiger partial charge in [-0.05, 0) is 24.6 Å². The highest BCUT2D eigenvalue weighted by atomic mass is 16.5. The molecule has 0 amide bonds. The van der Waals surface area contributed by atoms with Gasteiger partial charge in [0.1, 0.15) is 23.6 Å². The number of aryl methyl sites for hydroxylation is 2. The molecule has 0 unspecified atom stereocenters. The third-order valence-electron chi connectivity index (χ3n) is 4.73. The van der Waals surface area contributed by atoms with E-state index in [0.29, 0.717) is 42.2 Å². The molecule has 0 spiro atoms. The number of pyridine rings is 1. The van der Waals surface area contributed by atoms with Crippen LogP contribution < -0.4 is 15.8 Å². The summed E-state index contributed by atoms with van der Waals surface area (Å²) in [4.78, 5) is 22.9. The Kier molecular flexibility index (Phi) is 5.34. The van der Waals surface area contributed by atoms with Gasteiger partial charge in [0, 0.05) is 36.3 Å². The van der Waals surface area contributed by atoms with Crippen molar-refractivity contribution < 1.29 is 14.3 Å². The Balaban J connectivity index is 1.40. The van der Waals surface area contributed by atoms with Crippen LogP contribution in [0.15, 0.2) is 62.8 Å². The van der Waals surface area contributed by atoms with Crippen LogP contribution in [0.2, 0.25) is 0 Å². The Hall–Kier alpha value is -3.88. The first-order valence-electron chi connectivity index (χ1n) is 9.50. The van der Waals surface area contributed by atoms with E-state index in [4.69, 9.17) is 9.15 Å². The lowest BCUT2D eigenvalue weighted by Crippen LogP contribution is -2.15. The summed E-state index contributed by atoms with van der Waals surface area (Å²) in [6.07, 6.45) is 3.99. The molecular weight excluding hydrogens is 388 g/mol. The predicted molar refractivity (Wildman–Crippen MR) is 109 cm³/mol. The molecule has 0 saturated carbocycles. The number of rotatable bonds is 7. The molecule has 0 aliphatic carbocycles. The highest BCUT2D eigenvalue weighted by molar-refractivity contribution is 5.77. The molecule has 0 saturated heterocycles. The molecule has 0 aliphatic rings. The fourth-order valence-electron chi connectivity index (χ4n) is 3.20. The number of aromatic nitrogens is 4. The molecule has 0 atom stereocenters. The van der Waals surface area contributed by atoms with Crippen molar-refractivity contribution in [3.05, 3.63) is 80.8 Å². The summed E-state index contributed by atoms with van der Waals surface area (Å²) in [5, 5.41) is 18.9. The van der Waals surface area contributed by atoms with Crippen molar-refractivity contribution in [2.45, 2.75) is 33.0 Å². The largest absolute Gasteiger partial charge is 0.503 e. The van der Waals surface area contributed by atoms with Crippen molar-refractivity contribution in [1.82, 2.24) is 19.6 Å². The van der Waals surface area contributed by atoms with E-state index < -0.39 is 5.63 Å². The van der Waals surface area contributed by atoms with E-state index in [0.717, 1.165) is 5.39 Å². The lowest BCUT2D eigenvalue weighted by atomic mass is 10.2. The number of ether oxygens (including phenoxy) is 1. The van der Waals surface area contributed by atoms with Gasteiger partial charge in [-0.2, -0.15) is 0 Å². The van der Waals surface area contributed by atoms with Gasteiger partial charge in [0.25, 0.3) is 0 Å². The van der Waals surface area contributed by atoms with Gasteiger partial charge >= 0.3 is 5.63 Å². The normalized spacial score (nSPS) is 11.1. The minimum atomic E-state index is -0.412. The molecule has 0 fully saturated rings. The van der Waals surface area contributed by atoms with Crippen LogP contribution in [-0.4, -0.2) is 24.7 Å². The molecular formula is C21H20N4O5. The van der Waals surface area contributed by atoms with E-state index in [9.17, 15) is 14.7 Å². The van der Waals surface area contributed by atoms with Crippen LogP contribution in [0.1, 0.15) is 18.3 Å². The molecule has 154 valence electrons. The number of hydrogen-bond acceptors (Lipinski definition) is 7. The van der Waals surface area contributed by atoms with E-state index in [1.54, 1.807) is 35.3 Å². The zero-order valence-corrected chi connectivity index (χ0v) is 16.3. The molecule has 3 aromatic heterocycles. The summed E-state index contributed by atoms with van der Waals surface area (Å²) in [7, 11) is 0. The predicted octanol–water partition coefficient (Wildman–Crippen LogP) is 2.09. The first-order chi connectivity index (χ1) is 14.5. The molecule has 0 bridgehead atoms. The molecule has 0 aliphatic heterocycles. The number of fused-ring (bicyclic) bond motifs is 1. The highest BCUT2D eigenvalue weighted by Gasteiger charge is 2.09. The fourth-order valence-corrected chi connectivity index (χ4v) is 3.20. The summed E-state index contributed by atoms with van der Waals surface area (Å²) in [6, 6.07) is 9.69. The first kappa shape index (κ1) is 19.4. The van der Waals surface area contributed by atoms with E-state index in [-0.39, 0.29) is 17.8 Å². The SMILES string of the molecule is CCc1c(O)c(=O)ccn1CCn1cc(COc2ccc3ccc(=O)oc3c2)nn1. The van der Waals surface area contributed by atoms with Gasteiger partial charge in [-0.1, -0.05) is 12.1 Å². The van der Waals surface area contributed by atoms with Crippen molar-refractivity contribution in [3.63, 3.8) is 0 Å². The molecule has 30 heavy (non-hydrogen) atoms. The van der Waals surface area contributed by atoms with Crippen LogP contribution in [0.5, 0.6) is 11.5 Å². The highest BCUT2D eigenvalue weighted by Crippen LogP contribution is 2.20. The van der Waals surface area contributed by atoms with Crippen LogP contribution in [0.4, 0.5) is 0 Å². The molecule has 3 heterocycles. The van der Waals surface area contributed by atoms with Crippen molar-refractivity contribution >= 4 is 11.0 Å². The lowest BCUT2D eigenvalue weighted by molar-refractivity contribution is 0.301. The maximum absolute atomic E-state index is 11.6. The second-order valence-electron chi connectivity index (χ2n) is 6.74. The minimum absolute atomic E-state index is 0.209. The summed E-state index contributed by atoms with van der Waals surface area (Å²) < 4.78 is 14.4. The van der Waals surface area contributed by atoms with E-state index in [1.165, 1.54) is 12.1 Å². The smallest absolute Gasteiger partial charge is 0.336 e. The molecule has 4 aromatic rings. The maximum atomic E-state index is 11.6. The summed E-state index contributed by atoms with van der Waals surface area (Å²) >= 11 is 0. The van der Waals surface area contributed by atoms with Crippen molar-refractivity contribution in [2.75, 3.05) is 0 Å². The molecule has 9 nitrogen and oxygen atoms in total. The molecule has 1 N–H and O–H groups in total. The van der Waals surface area contributed by atoms with Gasteiger partial charge in [-0.3, -0.25) is 9.48 Å². The summed E-state index contributed by atoms with van der Waals surface area (Å²) in [6.45, 7) is 3.14. The number of benzene rings is 1. The molecule has 9 heteroatoms. The third kappa shape index (κ3) is 4.09. The second-order valence-corrected chi connectivity index (χ2v) is 6.74. The van der Waals surface area contributed by atoms with Crippen LogP contribution in [0.3, 0.4) is 0 Å². The quantitative estimate of drug-likeness (QED) is 0.466. The molecule has 0 radical (unpaired) electrons. The van der Waals surface area contributed by atoms with Crippen molar-refractivity contribution in [2.24, 2.45) is 0 Å². The van der Waals surface area contributed by atoms with E-state index >= 15 is 0 Å². The van der Waals surface area contributed by atoms with Gasteiger partial charge < -0.3 is 18.8 Å². The first-order valence-corrected chi connectivity index (χ1v) is 9.50. The van der Waals surface area contributed by atoms with Crippen molar-refractivity contribution in [3.8, 4) is 11.5 Å². The molecule has 4 rings (SSSR count). The number of nitrogens with zero attached hydrogens (tertiary/aromatic N) is 4. The van der Waals surface area contributed by atoms with Gasteiger partial charge in [-0.25, -0.2) is 4.79 Å². The van der Waals surface area contributed by atoms with E-state index in [1.807, 2.05) is 17.6 Å². The van der Waals surface area contributed by atoms with Gasteiger partial charge in [0.2, 0.25) is 5.43 Å². The Morgan fingerprint density at radius 2 is 1.97 bits per heavy atom. The molecule has 1 aromatic carbocycles. The Morgan fingerprint density at radius 3 is 2.80 bits per heavy atom. The fraction of sp³-hybridized carbons (Fsp3) is 0.238. The van der Waals surface area contributed by atoms with Gasteiger partial charge in [-0.15, -0.1) is 5.10 Å². The third-order valence-corrected chi connectivity index (χ3v) is 4.73. The van der Waals surface area contributed by atoms with Gasteiger partial charge in [0.15, 0.2) is 5.75 Å². The topological polar surface area (TPSA) is 112 Å². The Labute approximate surface area is 170 Å². The van der Waals surface area contributed by atoms with Crippen molar-refractivity contribution in [1.29, 1.82) is 0 Å². The van der Waals surface area contributed by atoms with Gasteiger partial charge in [0.05, 0.1) is 18.4 Å². The Bertz CT molecular complexity index is 1300. The van der Waals surface area contributed by atoms with Crippen LogP contribution >= 0.6 is 0 Å².